The van der Waals surface area contributed by atoms with Gasteiger partial charge in [-0.15, -0.1) is 0 Å². The first-order valence-corrected chi connectivity index (χ1v) is 9.73. The Morgan fingerprint density at radius 2 is 1.85 bits per heavy atom. The van der Waals surface area contributed by atoms with Gasteiger partial charge in [-0.25, -0.2) is 4.98 Å². The summed E-state index contributed by atoms with van der Waals surface area (Å²) in [6.45, 7) is 7.68. The smallest absolute Gasteiger partial charge is 0.260 e. The Hall–Kier alpha value is -2.24. The number of carbonyl (C=O) groups is 1. The van der Waals surface area contributed by atoms with E-state index in [0.29, 0.717) is 6.54 Å². The van der Waals surface area contributed by atoms with Crippen LogP contribution in [-0.4, -0.2) is 38.1 Å². The van der Waals surface area contributed by atoms with Gasteiger partial charge in [-0.2, -0.15) is 0 Å². The molecule has 26 heavy (non-hydrogen) atoms. The van der Waals surface area contributed by atoms with Crippen LogP contribution in [0.4, 0.5) is 5.13 Å². The number of rotatable bonds is 5. The van der Waals surface area contributed by atoms with Crippen LogP contribution in [0.5, 0.6) is 0 Å². The van der Waals surface area contributed by atoms with Gasteiger partial charge in [0.2, 0.25) is 0 Å². The van der Waals surface area contributed by atoms with E-state index in [-0.39, 0.29) is 5.91 Å². The van der Waals surface area contributed by atoms with Crippen molar-refractivity contribution >= 4 is 32.6 Å². The number of aryl methyl sites for hydroxylation is 3. The molecule has 1 amide bonds. The van der Waals surface area contributed by atoms with E-state index in [1.807, 2.05) is 36.1 Å². The molecule has 0 atom stereocenters. The number of benzene rings is 2. The highest BCUT2D eigenvalue weighted by Crippen LogP contribution is 2.32. The standard InChI is InChI=1S/C21H25N3OS/c1-14-12-16(3)19-18(13-14)22-21(26-19)24(11-10-23(4)5)20(25)17-9-7-6-8-15(17)2/h6-9,12-13H,10-11H2,1-5H3/p+1. The molecular weight excluding hydrogens is 342 g/mol. The number of carbonyl (C=O) groups excluding carboxylic acids is 1. The fourth-order valence-corrected chi connectivity index (χ4v) is 4.10. The van der Waals surface area contributed by atoms with Crippen molar-refractivity contribution < 1.29 is 9.69 Å². The molecule has 1 N–H and O–H groups in total. The third-order valence-electron chi connectivity index (χ3n) is 4.50. The van der Waals surface area contributed by atoms with Crippen LogP contribution >= 0.6 is 11.3 Å². The lowest BCUT2D eigenvalue weighted by Crippen LogP contribution is -3.06. The molecule has 0 fully saturated rings. The first kappa shape index (κ1) is 18.5. The van der Waals surface area contributed by atoms with Crippen molar-refractivity contribution in [3.63, 3.8) is 0 Å². The minimum absolute atomic E-state index is 0.0257. The van der Waals surface area contributed by atoms with Crippen molar-refractivity contribution in [2.75, 3.05) is 32.1 Å². The Morgan fingerprint density at radius 3 is 2.54 bits per heavy atom. The highest BCUT2D eigenvalue weighted by Gasteiger charge is 2.23. The maximum absolute atomic E-state index is 13.3. The number of aromatic nitrogens is 1. The first-order valence-electron chi connectivity index (χ1n) is 8.91. The van der Waals surface area contributed by atoms with E-state index in [0.717, 1.165) is 33.0 Å². The number of anilines is 1. The normalized spacial score (nSPS) is 11.3. The van der Waals surface area contributed by atoms with Crippen molar-refractivity contribution in [3.8, 4) is 0 Å². The van der Waals surface area contributed by atoms with Gasteiger partial charge in [-0.3, -0.25) is 9.69 Å². The van der Waals surface area contributed by atoms with Crippen molar-refractivity contribution in [1.82, 2.24) is 4.98 Å². The minimum atomic E-state index is 0.0257. The first-order chi connectivity index (χ1) is 12.4. The second-order valence-corrected chi connectivity index (χ2v) is 8.13. The fourth-order valence-electron chi connectivity index (χ4n) is 3.06. The molecule has 1 aromatic heterocycles. The SMILES string of the molecule is Cc1cc(C)c2sc(N(CC[NH+](C)C)C(=O)c3ccccc3C)nc2c1. The van der Waals surface area contributed by atoms with Crippen LogP contribution in [0, 0.1) is 20.8 Å². The number of amides is 1. The van der Waals surface area contributed by atoms with Crippen LogP contribution < -0.4 is 9.80 Å². The Kier molecular flexibility index (Phi) is 5.39. The molecule has 0 aliphatic carbocycles. The monoisotopic (exact) mass is 368 g/mol. The number of fused-ring (bicyclic) bond motifs is 1. The molecule has 0 saturated carbocycles. The van der Waals surface area contributed by atoms with Crippen LogP contribution in [0.2, 0.25) is 0 Å². The Labute approximate surface area is 159 Å². The van der Waals surface area contributed by atoms with Crippen molar-refractivity contribution in [2.45, 2.75) is 20.8 Å². The number of hydrogen-bond donors (Lipinski definition) is 1. The van der Waals surface area contributed by atoms with Crippen molar-refractivity contribution in [2.24, 2.45) is 0 Å². The Bertz CT molecular complexity index is 946. The molecule has 3 rings (SSSR count). The zero-order valence-electron chi connectivity index (χ0n) is 16.1. The number of likely N-dealkylation sites (N-methyl/N-ethyl adjacent to an activating group) is 1. The average molecular weight is 369 g/mol. The lowest BCUT2D eigenvalue weighted by atomic mass is 10.1. The second-order valence-electron chi connectivity index (χ2n) is 7.16. The average Bonchev–Trinajstić information content (AvgIpc) is 2.99. The van der Waals surface area contributed by atoms with E-state index < -0.39 is 0 Å². The van der Waals surface area contributed by atoms with Gasteiger partial charge in [-0.1, -0.05) is 35.6 Å². The maximum Gasteiger partial charge on any atom is 0.260 e. The van der Waals surface area contributed by atoms with Gasteiger partial charge >= 0.3 is 0 Å². The summed E-state index contributed by atoms with van der Waals surface area (Å²) in [7, 11) is 4.20. The van der Waals surface area contributed by atoms with Crippen molar-refractivity contribution in [1.29, 1.82) is 0 Å². The molecule has 1 heterocycles. The highest BCUT2D eigenvalue weighted by atomic mass is 32.1. The van der Waals surface area contributed by atoms with Gasteiger partial charge in [0.1, 0.15) is 0 Å². The fraction of sp³-hybridized carbons (Fsp3) is 0.333. The number of hydrogen-bond acceptors (Lipinski definition) is 3. The molecule has 136 valence electrons. The van der Waals surface area contributed by atoms with Gasteiger partial charge in [-0.05, 0) is 49.6 Å². The second kappa shape index (κ2) is 7.56. The summed E-state index contributed by atoms with van der Waals surface area (Å²) in [5.41, 5.74) is 5.12. The quantitative estimate of drug-likeness (QED) is 0.752. The molecule has 0 aliphatic heterocycles. The lowest BCUT2D eigenvalue weighted by Gasteiger charge is -2.21. The Balaban J connectivity index is 2.05. The van der Waals surface area contributed by atoms with Gasteiger partial charge in [0.05, 0.1) is 37.4 Å². The summed E-state index contributed by atoms with van der Waals surface area (Å²) in [6, 6.07) is 12.0. The predicted molar refractivity (Wildman–Crippen MR) is 110 cm³/mol. The van der Waals surface area contributed by atoms with Crippen LogP contribution in [-0.2, 0) is 0 Å². The minimum Gasteiger partial charge on any atom is -0.338 e. The predicted octanol–water partition coefficient (Wildman–Crippen LogP) is 3.01. The summed E-state index contributed by atoms with van der Waals surface area (Å²) in [5.74, 6) is 0.0257. The van der Waals surface area contributed by atoms with Crippen molar-refractivity contribution in [3.05, 3.63) is 58.7 Å². The Morgan fingerprint density at radius 1 is 1.12 bits per heavy atom. The summed E-state index contributed by atoms with van der Waals surface area (Å²) in [6.07, 6.45) is 0. The van der Waals surface area contributed by atoms with Crippen LogP contribution in [0.3, 0.4) is 0 Å². The van der Waals surface area contributed by atoms with E-state index >= 15 is 0 Å². The maximum atomic E-state index is 13.3. The molecule has 0 bridgehead atoms. The topological polar surface area (TPSA) is 37.6 Å². The molecule has 5 heteroatoms. The van der Waals surface area contributed by atoms with Crippen LogP contribution in [0.15, 0.2) is 36.4 Å². The van der Waals surface area contributed by atoms with Gasteiger partial charge in [0.15, 0.2) is 5.13 Å². The molecule has 2 aromatic carbocycles. The summed E-state index contributed by atoms with van der Waals surface area (Å²) in [5, 5.41) is 0.781. The van der Waals surface area contributed by atoms with Gasteiger partial charge in [0, 0.05) is 5.56 Å². The molecular formula is C21H26N3OS+. The highest BCUT2D eigenvalue weighted by molar-refractivity contribution is 7.22. The lowest BCUT2D eigenvalue weighted by molar-refractivity contribution is -0.856. The number of nitrogens with one attached hydrogen (secondary N) is 1. The van der Waals surface area contributed by atoms with Gasteiger partial charge in [0.25, 0.3) is 5.91 Å². The molecule has 0 aliphatic rings. The number of quaternary nitrogens is 1. The van der Waals surface area contributed by atoms with Gasteiger partial charge < -0.3 is 4.90 Å². The summed E-state index contributed by atoms with van der Waals surface area (Å²) < 4.78 is 1.16. The number of nitrogens with zero attached hydrogens (tertiary/aromatic N) is 2. The molecule has 0 spiro atoms. The third-order valence-corrected chi connectivity index (χ3v) is 5.73. The molecule has 0 unspecified atom stereocenters. The van der Waals surface area contributed by atoms with E-state index in [1.165, 1.54) is 16.0 Å². The zero-order valence-corrected chi connectivity index (χ0v) is 16.9. The van der Waals surface area contributed by atoms with E-state index in [1.54, 1.807) is 11.3 Å². The van der Waals surface area contributed by atoms with E-state index in [4.69, 9.17) is 4.98 Å². The summed E-state index contributed by atoms with van der Waals surface area (Å²) in [4.78, 5) is 21.2. The molecule has 4 nitrogen and oxygen atoms in total. The molecule has 0 radical (unpaired) electrons. The zero-order chi connectivity index (χ0) is 18.8. The number of thiazole rings is 1. The van der Waals surface area contributed by atoms with E-state index in [9.17, 15) is 4.79 Å². The van der Waals surface area contributed by atoms with Crippen LogP contribution in [0.25, 0.3) is 10.2 Å². The largest absolute Gasteiger partial charge is 0.338 e. The van der Waals surface area contributed by atoms with Crippen LogP contribution in [0.1, 0.15) is 27.0 Å². The third kappa shape index (κ3) is 3.79. The van der Waals surface area contributed by atoms with E-state index in [2.05, 4.69) is 40.1 Å². The molecule has 3 aromatic rings. The summed E-state index contributed by atoms with van der Waals surface area (Å²) >= 11 is 1.61. The molecule has 0 saturated heterocycles.